The number of anilines is 1. The molecule has 20 heavy (non-hydrogen) atoms. The van der Waals surface area contributed by atoms with Gasteiger partial charge in [-0.25, -0.2) is 9.78 Å². The van der Waals surface area contributed by atoms with Crippen LogP contribution in [0, 0.1) is 10.1 Å². The van der Waals surface area contributed by atoms with Crippen molar-refractivity contribution in [3.8, 4) is 0 Å². The molecule has 0 amide bonds. The third-order valence-corrected chi connectivity index (χ3v) is 3.77. The summed E-state index contributed by atoms with van der Waals surface area (Å²) in [6, 6.07) is 2.69. The molecule has 1 fully saturated rings. The zero-order valence-corrected chi connectivity index (χ0v) is 11.4. The first-order valence-electron chi connectivity index (χ1n) is 6.62. The van der Waals surface area contributed by atoms with Gasteiger partial charge < -0.3 is 10.0 Å². The summed E-state index contributed by atoms with van der Waals surface area (Å²) >= 11 is 0. The Morgan fingerprint density at radius 1 is 1.55 bits per heavy atom. The van der Waals surface area contributed by atoms with E-state index >= 15 is 0 Å². The fourth-order valence-electron chi connectivity index (χ4n) is 2.75. The number of nitro groups is 1. The van der Waals surface area contributed by atoms with Crippen LogP contribution >= 0.6 is 0 Å². The molecule has 1 saturated heterocycles. The smallest absolute Gasteiger partial charge is 0.354 e. The van der Waals surface area contributed by atoms with Gasteiger partial charge in [0, 0.05) is 18.2 Å². The summed E-state index contributed by atoms with van der Waals surface area (Å²) in [5.74, 6) is -1.01. The molecule has 2 atom stereocenters. The highest BCUT2D eigenvalue weighted by molar-refractivity contribution is 5.86. The molecule has 1 N–H and O–H groups in total. The Balaban J connectivity index is 2.54. The van der Waals surface area contributed by atoms with Gasteiger partial charge in [0.25, 0.3) is 0 Å². The maximum absolute atomic E-state index is 11.2. The molecule has 7 heteroatoms. The number of carbonyl (C=O) groups is 1. The van der Waals surface area contributed by atoms with E-state index in [0.717, 1.165) is 19.3 Å². The van der Waals surface area contributed by atoms with Crippen molar-refractivity contribution >= 4 is 17.5 Å². The number of hydrogen-bond donors (Lipinski definition) is 1. The Morgan fingerprint density at radius 2 is 2.25 bits per heavy atom. The van der Waals surface area contributed by atoms with Gasteiger partial charge in [-0.15, -0.1) is 0 Å². The topological polar surface area (TPSA) is 96.6 Å². The largest absolute Gasteiger partial charge is 0.477 e. The average Bonchev–Trinajstić information content (AvgIpc) is 2.78. The average molecular weight is 279 g/mol. The molecule has 1 aromatic rings. The Kier molecular flexibility index (Phi) is 3.87. The van der Waals surface area contributed by atoms with Crippen LogP contribution in [0.25, 0.3) is 0 Å². The third-order valence-electron chi connectivity index (χ3n) is 3.77. The van der Waals surface area contributed by atoms with Gasteiger partial charge in [0.05, 0.1) is 4.92 Å². The number of carboxylic acid groups (broad SMARTS) is 1. The quantitative estimate of drug-likeness (QED) is 0.671. The standard InChI is InChI=1S/C13H17N3O4/c1-3-9-5-4-8(2)15(9)12-11(16(19)20)7-6-10(14-12)13(17)18/h6-9H,3-5H2,1-2H3,(H,17,18). The van der Waals surface area contributed by atoms with Crippen molar-refractivity contribution in [3.63, 3.8) is 0 Å². The lowest BCUT2D eigenvalue weighted by atomic mass is 10.1. The fourth-order valence-corrected chi connectivity index (χ4v) is 2.75. The van der Waals surface area contributed by atoms with E-state index in [1.165, 1.54) is 12.1 Å². The summed E-state index contributed by atoms with van der Waals surface area (Å²) in [4.78, 5) is 27.6. The number of hydrogen-bond acceptors (Lipinski definition) is 5. The Hall–Kier alpha value is -2.18. The molecule has 0 spiro atoms. The first-order valence-corrected chi connectivity index (χ1v) is 6.62. The van der Waals surface area contributed by atoms with E-state index in [1.54, 1.807) is 0 Å². The molecule has 108 valence electrons. The molecule has 2 unspecified atom stereocenters. The van der Waals surface area contributed by atoms with Crippen LogP contribution in [0.2, 0.25) is 0 Å². The van der Waals surface area contributed by atoms with E-state index < -0.39 is 10.9 Å². The maximum Gasteiger partial charge on any atom is 0.354 e. The molecule has 0 radical (unpaired) electrons. The minimum atomic E-state index is -1.18. The molecule has 0 aromatic carbocycles. The summed E-state index contributed by atoms with van der Waals surface area (Å²) in [6.45, 7) is 4.00. The van der Waals surface area contributed by atoms with Crippen LogP contribution in [0.4, 0.5) is 11.5 Å². The van der Waals surface area contributed by atoms with Crippen LogP contribution in [0.5, 0.6) is 0 Å². The Morgan fingerprint density at radius 3 is 2.80 bits per heavy atom. The van der Waals surface area contributed by atoms with E-state index in [4.69, 9.17) is 5.11 Å². The lowest BCUT2D eigenvalue weighted by molar-refractivity contribution is -0.384. The molecule has 7 nitrogen and oxygen atoms in total. The predicted octanol–water partition coefficient (Wildman–Crippen LogP) is 2.46. The molecule has 0 saturated carbocycles. The first-order chi connectivity index (χ1) is 9.45. The molecule has 1 aromatic heterocycles. The van der Waals surface area contributed by atoms with E-state index in [-0.39, 0.29) is 29.3 Å². The second-order valence-corrected chi connectivity index (χ2v) is 5.00. The summed E-state index contributed by atoms with van der Waals surface area (Å²) in [5, 5.41) is 20.2. The van der Waals surface area contributed by atoms with E-state index in [9.17, 15) is 14.9 Å². The highest BCUT2D eigenvalue weighted by Crippen LogP contribution is 2.36. The SMILES string of the molecule is CCC1CCC(C)N1c1nc(C(=O)O)ccc1[N+](=O)[O-]. The summed E-state index contributed by atoms with van der Waals surface area (Å²) in [5.41, 5.74) is -0.304. The third kappa shape index (κ3) is 2.43. The second kappa shape index (κ2) is 5.44. The monoisotopic (exact) mass is 279 g/mol. The number of pyridine rings is 1. The van der Waals surface area contributed by atoms with Crippen molar-refractivity contribution in [1.29, 1.82) is 0 Å². The van der Waals surface area contributed by atoms with Gasteiger partial charge in [-0.05, 0) is 32.3 Å². The number of aromatic nitrogens is 1. The van der Waals surface area contributed by atoms with Crippen LogP contribution in [-0.4, -0.2) is 33.1 Å². The van der Waals surface area contributed by atoms with Crippen molar-refractivity contribution in [2.75, 3.05) is 4.90 Å². The van der Waals surface area contributed by atoms with Gasteiger partial charge >= 0.3 is 11.7 Å². The molecule has 2 rings (SSSR count). The highest BCUT2D eigenvalue weighted by atomic mass is 16.6. The lowest BCUT2D eigenvalue weighted by Gasteiger charge is -2.28. The van der Waals surface area contributed by atoms with Crippen molar-refractivity contribution in [2.45, 2.75) is 45.2 Å². The first kappa shape index (κ1) is 14.2. The Bertz CT molecular complexity index is 546. The van der Waals surface area contributed by atoms with E-state index in [0.29, 0.717) is 0 Å². The van der Waals surface area contributed by atoms with Crippen LogP contribution in [0.1, 0.15) is 43.6 Å². The number of aromatic carboxylic acids is 1. The van der Waals surface area contributed by atoms with E-state index in [1.807, 2.05) is 18.7 Å². The minimum absolute atomic E-state index is 0.121. The van der Waals surface area contributed by atoms with E-state index in [2.05, 4.69) is 4.98 Å². The molecule has 0 bridgehead atoms. The summed E-state index contributed by atoms with van der Waals surface area (Å²) in [7, 11) is 0. The van der Waals surface area contributed by atoms with Gasteiger partial charge in [-0.1, -0.05) is 6.92 Å². The number of nitrogens with zero attached hydrogens (tertiary/aromatic N) is 3. The van der Waals surface area contributed by atoms with Crippen LogP contribution in [0.15, 0.2) is 12.1 Å². The molecule has 2 heterocycles. The summed E-state index contributed by atoms with van der Waals surface area (Å²) < 4.78 is 0. The van der Waals surface area contributed by atoms with Gasteiger partial charge in [0.2, 0.25) is 5.82 Å². The molecular weight excluding hydrogens is 262 g/mol. The normalized spacial score (nSPS) is 22.0. The maximum atomic E-state index is 11.2. The van der Waals surface area contributed by atoms with Crippen LogP contribution in [-0.2, 0) is 0 Å². The zero-order chi connectivity index (χ0) is 14.9. The fraction of sp³-hybridized carbons (Fsp3) is 0.538. The molecule has 0 aliphatic carbocycles. The summed E-state index contributed by atoms with van der Waals surface area (Å²) in [6.07, 6.45) is 2.71. The van der Waals surface area contributed by atoms with Gasteiger partial charge in [-0.3, -0.25) is 10.1 Å². The van der Waals surface area contributed by atoms with Crippen molar-refractivity contribution in [3.05, 3.63) is 27.9 Å². The number of carboxylic acids is 1. The van der Waals surface area contributed by atoms with Gasteiger partial charge in [0.1, 0.15) is 0 Å². The highest BCUT2D eigenvalue weighted by Gasteiger charge is 2.35. The molecule has 1 aliphatic rings. The Labute approximate surface area is 116 Å². The van der Waals surface area contributed by atoms with Crippen LogP contribution < -0.4 is 4.90 Å². The molecular formula is C13H17N3O4. The molecule has 1 aliphatic heterocycles. The minimum Gasteiger partial charge on any atom is -0.477 e. The van der Waals surface area contributed by atoms with Crippen molar-refractivity contribution in [1.82, 2.24) is 4.98 Å². The lowest BCUT2D eigenvalue weighted by Crippen LogP contribution is -2.35. The van der Waals surface area contributed by atoms with Crippen molar-refractivity contribution < 1.29 is 14.8 Å². The predicted molar refractivity (Wildman–Crippen MR) is 73.1 cm³/mol. The number of rotatable bonds is 4. The van der Waals surface area contributed by atoms with Gasteiger partial charge in [-0.2, -0.15) is 0 Å². The second-order valence-electron chi connectivity index (χ2n) is 5.00. The zero-order valence-electron chi connectivity index (χ0n) is 11.4. The van der Waals surface area contributed by atoms with Crippen LogP contribution in [0.3, 0.4) is 0 Å². The van der Waals surface area contributed by atoms with Crippen molar-refractivity contribution in [2.24, 2.45) is 0 Å². The van der Waals surface area contributed by atoms with Gasteiger partial charge in [0.15, 0.2) is 5.69 Å².